The molecule has 5 rings (SSSR count). The van der Waals surface area contributed by atoms with Crippen molar-refractivity contribution in [1.82, 2.24) is 0 Å². The number of fused-ring (bicyclic) bond motifs is 5. The fourth-order valence-electron chi connectivity index (χ4n) is 8.07. The summed E-state index contributed by atoms with van der Waals surface area (Å²) in [4.78, 5) is 12.4. The molecule has 4 saturated carbocycles. The van der Waals surface area contributed by atoms with E-state index in [9.17, 15) is 13.2 Å². The maximum Gasteiger partial charge on any atom is 0.297 e. The molecule has 0 spiro atoms. The number of benzene rings is 1. The van der Waals surface area contributed by atoms with Crippen LogP contribution in [0, 0.1) is 41.4 Å². The van der Waals surface area contributed by atoms with E-state index in [4.69, 9.17) is 4.18 Å². The third-order valence-corrected chi connectivity index (χ3v) is 11.3. The fraction of sp³-hybridized carbons (Fsp3) is 0.731. The van der Waals surface area contributed by atoms with Gasteiger partial charge in [-0.3, -0.25) is 8.98 Å². The average molecular weight is 445 g/mol. The van der Waals surface area contributed by atoms with Crippen LogP contribution in [0.2, 0.25) is 0 Å². The maximum absolute atomic E-state index is 13.0. The van der Waals surface area contributed by atoms with Gasteiger partial charge in [-0.25, -0.2) is 0 Å². The second-order valence-electron chi connectivity index (χ2n) is 11.4. The van der Waals surface area contributed by atoms with Crippen molar-refractivity contribution in [2.45, 2.75) is 89.6 Å². The minimum atomic E-state index is -3.75. The molecule has 1 aromatic carbocycles. The van der Waals surface area contributed by atoms with Gasteiger partial charge in [0, 0.05) is 12.8 Å². The number of carbonyl (C=O) groups excluding carboxylic acids is 1. The van der Waals surface area contributed by atoms with E-state index in [0.29, 0.717) is 29.5 Å². The highest BCUT2D eigenvalue weighted by atomic mass is 32.2. The Morgan fingerprint density at radius 2 is 1.61 bits per heavy atom. The zero-order chi connectivity index (χ0) is 22.0. The third kappa shape index (κ3) is 3.42. The van der Waals surface area contributed by atoms with Crippen molar-refractivity contribution in [3.63, 3.8) is 0 Å². The van der Waals surface area contributed by atoms with Crippen molar-refractivity contribution < 1.29 is 17.4 Å². The molecule has 4 fully saturated rings. The molecule has 1 aromatic rings. The van der Waals surface area contributed by atoms with Crippen molar-refractivity contribution >= 4 is 15.9 Å². The van der Waals surface area contributed by atoms with Crippen molar-refractivity contribution in [3.05, 3.63) is 29.8 Å². The lowest BCUT2D eigenvalue weighted by atomic mass is 9.45. The maximum atomic E-state index is 13.0. The summed E-state index contributed by atoms with van der Waals surface area (Å²) in [5.74, 6) is 2.85. The molecule has 0 amide bonds. The molecule has 4 nitrogen and oxygen atoms in total. The van der Waals surface area contributed by atoms with Crippen LogP contribution in [-0.2, 0) is 19.1 Å². The van der Waals surface area contributed by atoms with Gasteiger partial charge in [0.2, 0.25) is 0 Å². The highest BCUT2D eigenvalue weighted by molar-refractivity contribution is 7.86. The molecule has 0 aliphatic heterocycles. The van der Waals surface area contributed by atoms with Crippen LogP contribution in [0.25, 0.3) is 0 Å². The number of ketones is 1. The summed E-state index contributed by atoms with van der Waals surface area (Å²) in [6, 6.07) is 6.97. The quantitative estimate of drug-likeness (QED) is 0.563. The van der Waals surface area contributed by atoms with E-state index in [-0.39, 0.29) is 21.8 Å². The van der Waals surface area contributed by atoms with E-state index in [1.54, 1.807) is 12.1 Å². The number of hydrogen-bond acceptors (Lipinski definition) is 4. The van der Waals surface area contributed by atoms with Crippen LogP contribution in [0.5, 0.6) is 0 Å². The molecule has 5 heteroatoms. The minimum absolute atomic E-state index is 0.0768. The molecule has 0 bridgehead atoms. The first-order chi connectivity index (χ1) is 14.6. The lowest BCUT2D eigenvalue weighted by Gasteiger charge is -2.60. The Morgan fingerprint density at radius 3 is 2.35 bits per heavy atom. The van der Waals surface area contributed by atoms with Crippen molar-refractivity contribution in [3.8, 4) is 0 Å². The predicted molar refractivity (Wildman–Crippen MR) is 120 cm³/mol. The summed E-state index contributed by atoms with van der Waals surface area (Å²) in [6.07, 6.45) is 8.75. The Kier molecular flexibility index (Phi) is 5.17. The van der Waals surface area contributed by atoms with Gasteiger partial charge in [0.1, 0.15) is 5.78 Å². The van der Waals surface area contributed by atoms with Gasteiger partial charge in [0.15, 0.2) is 0 Å². The highest BCUT2D eigenvalue weighted by Crippen LogP contribution is 2.66. The number of hydrogen-bond donors (Lipinski definition) is 0. The van der Waals surface area contributed by atoms with Gasteiger partial charge in [0.05, 0.1) is 11.0 Å². The molecular weight excluding hydrogens is 408 g/mol. The van der Waals surface area contributed by atoms with E-state index < -0.39 is 10.1 Å². The summed E-state index contributed by atoms with van der Waals surface area (Å²) in [6.45, 7) is 6.69. The Balaban J connectivity index is 1.37. The molecule has 0 heterocycles. The Bertz CT molecular complexity index is 968. The molecule has 0 saturated heterocycles. The topological polar surface area (TPSA) is 60.4 Å². The van der Waals surface area contributed by atoms with Crippen LogP contribution in [0.3, 0.4) is 0 Å². The van der Waals surface area contributed by atoms with E-state index in [1.165, 1.54) is 6.42 Å². The lowest BCUT2D eigenvalue weighted by Crippen LogP contribution is -2.54. The normalized spacial score (nSPS) is 42.5. The number of rotatable bonds is 3. The van der Waals surface area contributed by atoms with E-state index in [0.717, 1.165) is 56.9 Å². The van der Waals surface area contributed by atoms with Crippen LogP contribution < -0.4 is 0 Å². The van der Waals surface area contributed by atoms with E-state index >= 15 is 0 Å². The number of Topliss-reactive ketones (excluding diaryl/α,β-unsaturated/α-hetero) is 1. The molecule has 0 aromatic heterocycles. The highest BCUT2D eigenvalue weighted by Gasteiger charge is 2.61. The van der Waals surface area contributed by atoms with E-state index in [2.05, 4.69) is 13.8 Å². The molecule has 6 unspecified atom stereocenters. The first-order valence-electron chi connectivity index (χ1n) is 12.2. The van der Waals surface area contributed by atoms with Crippen LogP contribution in [0.15, 0.2) is 29.2 Å². The Labute approximate surface area is 187 Å². The van der Waals surface area contributed by atoms with Gasteiger partial charge in [-0.1, -0.05) is 31.5 Å². The van der Waals surface area contributed by atoms with Crippen LogP contribution >= 0.6 is 0 Å². The largest absolute Gasteiger partial charge is 0.300 e. The smallest absolute Gasteiger partial charge is 0.297 e. The summed E-state index contributed by atoms with van der Waals surface area (Å²) in [5, 5.41) is 0. The van der Waals surface area contributed by atoms with Gasteiger partial charge >= 0.3 is 0 Å². The molecule has 31 heavy (non-hydrogen) atoms. The van der Waals surface area contributed by atoms with Gasteiger partial charge in [-0.15, -0.1) is 0 Å². The van der Waals surface area contributed by atoms with Crippen LogP contribution in [-0.4, -0.2) is 20.3 Å². The third-order valence-electron chi connectivity index (χ3n) is 9.95. The molecule has 170 valence electrons. The zero-order valence-corrected chi connectivity index (χ0v) is 19.9. The van der Waals surface area contributed by atoms with Crippen molar-refractivity contribution in [2.75, 3.05) is 0 Å². The van der Waals surface area contributed by atoms with Gasteiger partial charge in [-0.05, 0) is 98.5 Å². The van der Waals surface area contributed by atoms with Crippen molar-refractivity contribution in [1.29, 1.82) is 0 Å². The monoisotopic (exact) mass is 444 g/mol. The minimum Gasteiger partial charge on any atom is -0.300 e. The average Bonchev–Trinajstić information content (AvgIpc) is 3.04. The standard InChI is InChI=1S/C26H36O4S/c1-17-4-7-20(8-5-17)31(28,29)30-24-11-10-22-21-9-6-18-16-19(27)12-14-25(18,2)23(21)13-15-26(22,24)3/h4-5,7-8,18,21-24H,6,9-16H2,1-3H3/t18?,21?,22?,23?,24-,25?,26?/m1/s1. The van der Waals surface area contributed by atoms with Crippen molar-refractivity contribution in [2.24, 2.45) is 34.5 Å². The van der Waals surface area contributed by atoms with Crippen LogP contribution in [0.4, 0.5) is 0 Å². The summed E-state index contributed by atoms with van der Waals surface area (Å²) in [5.41, 5.74) is 1.25. The first-order valence-corrected chi connectivity index (χ1v) is 13.6. The second-order valence-corrected chi connectivity index (χ2v) is 12.9. The summed E-state index contributed by atoms with van der Waals surface area (Å²) >= 11 is 0. The summed E-state index contributed by atoms with van der Waals surface area (Å²) < 4.78 is 32.0. The number of carbonyl (C=O) groups is 1. The molecule has 0 N–H and O–H groups in total. The lowest BCUT2D eigenvalue weighted by molar-refractivity contribution is -0.140. The second kappa shape index (κ2) is 7.41. The van der Waals surface area contributed by atoms with Crippen LogP contribution in [0.1, 0.15) is 77.2 Å². The zero-order valence-electron chi connectivity index (χ0n) is 19.1. The summed E-state index contributed by atoms with van der Waals surface area (Å²) in [7, 11) is -3.75. The predicted octanol–water partition coefficient (Wildman–Crippen LogP) is 5.68. The Hall–Kier alpha value is -1.20. The van der Waals surface area contributed by atoms with Gasteiger partial charge in [0.25, 0.3) is 10.1 Å². The molecule has 0 radical (unpaired) electrons. The number of aryl methyl sites for hydroxylation is 1. The van der Waals surface area contributed by atoms with Gasteiger partial charge < -0.3 is 0 Å². The Morgan fingerprint density at radius 1 is 0.903 bits per heavy atom. The SMILES string of the molecule is Cc1ccc(S(=O)(=O)O[C@@H]2CCC3C4CCC5CC(=O)CCC5(C)C4CCC32C)cc1. The molecule has 4 aliphatic rings. The molecule has 7 atom stereocenters. The van der Waals surface area contributed by atoms with E-state index in [1.807, 2.05) is 19.1 Å². The fourth-order valence-corrected chi connectivity index (χ4v) is 9.27. The first kappa shape index (κ1) is 21.6. The molecular formula is C26H36O4S. The molecule has 4 aliphatic carbocycles. The van der Waals surface area contributed by atoms with Gasteiger partial charge in [-0.2, -0.15) is 8.42 Å².